The molecule has 1 aliphatic rings. The number of aromatic amines is 1. The van der Waals surface area contributed by atoms with Gasteiger partial charge in [-0.25, -0.2) is 13.4 Å². The highest BCUT2D eigenvalue weighted by Crippen LogP contribution is 2.33. The summed E-state index contributed by atoms with van der Waals surface area (Å²) in [6.45, 7) is 6.78. The molecular formula is C29H33N5O3S. The van der Waals surface area contributed by atoms with Crippen molar-refractivity contribution >= 4 is 38.0 Å². The van der Waals surface area contributed by atoms with Gasteiger partial charge in [-0.3, -0.25) is 9.62 Å². The van der Waals surface area contributed by atoms with Crippen LogP contribution >= 0.6 is 0 Å². The number of likely N-dealkylation sites (N-methyl/N-ethyl adjacent to an activating group) is 1. The third-order valence-corrected chi connectivity index (χ3v) is 8.20. The van der Waals surface area contributed by atoms with Gasteiger partial charge in [0.1, 0.15) is 0 Å². The fourth-order valence-electron chi connectivity index (χ4n) is 4.66. The summed E-state index contributed by atoms with van der Waals surface area (Å²) in [5, 5.41) is 11.6. The molecule has 3 N–H and O–H groups in total. The van der Waals surface area contributed by atoms with Gasteiger partial charge in [0.25, 0.3) is 0 Å². The average molecular weight is 532 g/mol. The van der Waals surface area contributed by atoms with Crippen LogP contribution < -0.4 is 4.72 Å². The maximum Gasteiger partial charge on any atom is 0.232 e. The number of benzene rings is 3. The van der Waals surface area contributed by atoms with Gasteiger partial charge in [0, 0.05) is 54.9 Å². The summed E-state index contributed by atoms with van der Waals surface area (Å²) in [4.78, 5) is 12.8. The van der Waals surface area contributed by atoms with Crippen molar-refractivity contribution in [1.82, 2.24) is 14.8 Å². The predicted octanol–water partition coefficient (Wildman–Crippen LogP) is 4.55. The zero-order valence-electron chi connectivity index (χ0n) is 21.7. The summed E-state index contributed by atoms with van der Waals surface area (Å²) in [5.74, 6) is -0.0533. The molecule has 5 rings (SSSR count). The third kappa shape index (κ3) is 5.91. The largest absolute Gasteiger partial charge is 0.494 e. The van der Waals surface area contributed by atoms with Crippen molar-refractivity contribution in [2.45, 2.75) is 13.5 Å². The lowest BCUT2D eigenvalue weighted by atomic mass is 10.0. The van der Waals surface area contributed by atoms with E-state index in [1.165, 1.54) is 5.56 Å². The Hall–Kier alpha value is -3.66. The molecule has 0 saturated carbocycles. The Labute approximate surface area is 223 Å². The molecule has 2 heterocycles. The van der Waals surface area contributed by atoms with Gasteiger partial charge in [0.05, 0.1) is 22.7 Å². The number of rotatable bonds is 8. The molecule has 4 aromatic rings. The lowest BCUT2D eigenvalue weighted by molar-refractivity contribution is 0.148. The molecule has 38 heavy (non-hydrogen) atoms. The van der Waals surface area contributed by atoms with Crippen molar-refractivity contribution in [3.8, 4) is 5.88 Å². The van der Waals surface area contributed by atoms with Crippen molar-refractivity contribution in [1.29, 1.82) is 0 Å². The van der Waals surface area contributed by atoms with Crippen molar-refractivity contribution in [2.75, 3.05) is 43.7 Å². The average Bonchev–Trinajstić information content (AvgIpc) is 3.24. The van der Waals surface area contributed by atoms with Crippen LogP contribution in [0.1, 0.15) is 23.6 Å². The molecule has 1 aliphatic heterocycles. The zero-order chi connectivity index (χ0) is 26.7. The number of sulfonamides is 1. The molecule has 0 unspecified atom stereocenters. The minimum atomic E-state index is -3.44. The molecule has 1 fully saturated rings. The maximum atomic E-state index is 12.2. The van der Waals surface area contributed by atoms with Gasteiger partial charge >= 0.3 is 0 Å². The highest BCUT2D eigenvalue weighted by atomic mass is 32.2. The Balaban J connectivity index is 1.52. The predicted molar refractivity (Wildman–Crippen MR) is 154 cm³/mol. The topological polar surface area (TPSA) is 101 Å². The number of aromatic nitrogens is 1. The van der Waals surface area contributed by atoms with Gasteiger partial charge in [0.2, 0.25) is 10.0 Å². The normalized spacial score (nSPS) is 15.7. The highest BCUT2D eigenvalue weighted by Gasteiger charge is 2.20. The number of aromatic hydroxyl groups is 1. The van der Waals surface area contributed by atoms with Gasteiger partial charge in [0.15, 0.2) is 5.88 Å². The van der Waals surface area contributed by atoms with Crippen molar-refractivity contribution in [3.63, 3.8) is 0 Å². The van der Waals surface area contributed by atoms with Gasteiger partial charge in [-0.1, -0.05) is 42.5 Å². The summed E-state index contributed by atoms with van der Waals surface area (Å²) < 4.78 is 26.9. The van der Waals surface area contributed by atoms with Crippen LogP contribution in [0.5, 0.6) is 5.88 Å². The van der Waals surface area contributed by atoms with E-state index in [1.807, 2.05) is 42.5 Å². The molecule has 0 radical (unpaired) electrons. The lowest BCUT2D eigenvalue weighted by Gasteiger charge is -2.32. The van der Waals surface area contributed by atoms with Crippen LogP contribution in [0.2, 0.25) is 0 Å². The summed E-state index contributed by atoms with van der Waals surface area (Å²) >= 11 is 0. The molecule has 0 spiro atoms. The van der Waals surface area contributed by atoms with Crippen LogP contribution in [0.15, 0.2) is 77.8 Å². The van der Waals surface area contributed by atoms with Crippen LogP contribution in [0, 0.1) is 0 Å². The summed E-state index contributed by atoms with van der Waals surface area (Å²) in [6.07, 6.45) is 0. The van der Waals surface area contributed by atoms with Gasteiger partial charge in [-0.15, -0.1) is 0 Å². The van der Waals surface area contributed by atoms with E-state index in [0.29, 0.717) is 27.9 Å². The number of piperazine rings is 1. The van der Waals surface area contributed by atoms with Crippen LogP contribution in [-0.4, -0.2) is 73.0 Å². The molecule has 0 aliphatic carbocycles. The summed E-state index contributed by atoms with van der Waals surface area (Å²) in [6, 6.07) is 23.0. The SMILES string of the molecule is CCS(=O)(=O)Nc1ccc2[nH]c(O)c(C(=Nc3ccc(CN4CCN(C)CC4)cc3)c3ccccc3)c2c1. The monoisotopic (exact) mass is 531 g/mol. The number of nitrogens with zero attached hydrogens (tertiary/aromatic N) is 3. The summed E-state index contributed by atoms with van der Waals surface area (Å²) in [5.41, 5.74) is 5.06. The first kappa shape index (κ1) is 26.0. The molecule has 9 heteroatoms. The zero-order valence-corrected chi connectivity index (χ0v) is 22.5. The Kier molecular flexibility index (Phi) is 7.51. The molecule has 3 aromatic carbocycles. The van der Waals surface area contributed by atoms with Gasteiger partial charge < -0.3 is 15.0 Å². The van der Waals surface area contributed by atoms with E-state index in [2.05, 4.69) is 38.7 Å². The molecule has 1 aromatic heterocycles. The Morgan fingerprint density at radius 2 is 1.71 bits per heavy atom. The second-order valence-electron chi connectivity index (χ2n) is 9.69. The molecule has 198 valence electrons. The van der Waals surface area contributed by atoms with Crippen molar-refractivity contribution in [2.24, 2.45) is 4.99 Å². The Bertz CT molecular complexity index is 1540. The molecule has 0 atom stereocenters. The fourth-order valence-corrected chi connectivity index (χ4v) is 5.29. The van der Waals surface area contributed by atoms with Crippen LogP contribution in [0.3, 0.4) is 0 Å². The van der Waals surface area contributed by atoms with Gasteiger partial charge in [-0.2, -0.15) is 0 Å². The molecule has 0 bridgehead atoms. The van der Waals surface area contributed by atoms with E-state index in [9.17, 15) is 13.5 Å². The van der Waals surface area contributed by atoms with E-state index in [0.717, 1.165) is 44.0 Å². The highest BCUT2D eigenvalue weighted by molar-refractivity contribution is 7.92. The fraction of sp³-hybridized carbons (Fsp3) is 0.276. The second kappa shape index (κ2) is 11.0. The van der Waals surface area contributed by atoms with Crippen molar-refractivity contribution < 1.29 is 13.5 Å². The van der Waals surface area contributed by atoms with E-state index in [-0.39, 0.29) is 11.6 Å². The standard InChI is InChI=1S/C29H33N5O3S/c1-3-38(36,37)32-24-13-14-26-25(19-24)27(29(35)31-26)28(22-7-5-4-6-8-22)30-23-11-9-21(10-12-23)20-34-17-15-33(2)16-18-34/h4-14,19,31-32,35H,3,15-18,20H2,1-2H3. The minimum absolute atomic E-state index is 0.0233. The van der Waals surface area contributed by atoms with Gasteiger partial charge in [-0.05, 0) is 49.9 Å². The minimum Gasteiger partial charge on any atom is -0.494 e. The molecule has 8 nitrogen and oxygen atoms in total. The molecular weight excluding hydrogens is 498 g/mol. The first-order valence-electron chi connectivity index (χ1n) is 12.8. The Morgan fingerprint density at radius 3 is 2.39 bits per heavy atom. The van der Waals surface area contributed by atoms with E-state index < -0.39 is 10.0 Å². The number of anilines is 1. The molecule has 1 saturated heterocycles. The van der Waals surface area contributed by atoms with Crippen LogP contribution in [-0.2, 0) is 16.6 Å². The second-order valence-corrected chi connectivity index (χ2v) is 11.7. The number of hydrogen-bond acceptors (Lipinski definition) is 6. The number of fused-ring (bicyclic) bond motifs is 1. The first-order valence-corrected chi connectivity index (χ1v) is 14.5. The number of hydrogen-bond donors (Lipinski definition) is 3. The third-order valence-electron chi connectivity index (χ3n) is 6.90. The lowest BCUT2D eigenvalue weighted by Crippen LogP contribution is -2.43. The van der Waals surface area contributed by atoms with E-state index in [1.54, 1.807) is 25.1 Å². The van der Waals surface area contributed by atoms with Crippen LogP contribution in [0.4, 0.5) is 11.4 Å². The Morgan fingerprint density at radius 1 is 1.00 bits per heavy atom. The quantitative estimate of drug-likeness (QED) is 0.290. The number of H-pyrrole nitrogens is 1. The maximum absolute atomic E-state index is 12.2. The van der Waals surface area contributed by atoms with E-state index in [4.69, 9.17) is 4.99 Å². The van der Waals surface area contributed by atoms with E-state index >= 15 is 0 Å². The summed E-state index contributed by atoms with van der Waals surface area (Å²) in [7, 11) is -1.29. The first-order chi connectivity index (χ1) is 18.3. The molecule has 0 amide bonds. The van der Waals surface area contributed by atoms with Crippen LogP contribution in [0.25, 0.3) is 10.9 Å². The number of aliphatic imine (C=N–C) groups is 1. The smallest absolute Gasteiger partial charge is 0.232 e. The van der Waals surface area contributed by atoms with Crippen molar-refractivity contribution in [3.05, 3.63) is 89.5 Å². The number of nitrogens with one attached hydrogen (secondary N) is 2.